The van der Waals surface area contributed by atoms with Crippen molar-refractivity contribution in [3.05, 3.63) is 43.5 Å². The molecule has 0 aliphatic heterocycles. The van der Waals surface area contributed by atoms with Gasteiger partial charge >= 0.3 is 0 Å². The van der Waals surface area contributed by atoms with Crippen molar-refractivity contribution in [2.75, 3.05) is 10.6 Å². The summed E-state index contributed by atoms with van der Waals surface area (Å²) in [5.74, 6) is -0.0664. The van der Waals surface area contributed by atoms with Crippen LogP contribution in [-0.2, 0) is 11.3 Å². The van der Waals surface area contributed by atoms with Gasteiger partial charge in [-0.15, -0.1) is 11.3 Å². The number of rotatable bonds is 4. The van der Waals surface area contributed by atoms with E-state index in [2.05, 4.69) is 48.6 Å². The molecule has 1 heterocycles. The second-order valence-electron chi connectivity index (χ2n) is 3.95. The first kappa shape index (κ1) is 14.6. The lowest BCUT2D eigenvalue weighted by Gasteiger charge is -2.07. The Balaban J connectivity index is 2.01. The maximum Gasteiger partial charge on any atom is 0.221 e. The highest BCUT2D eigenvalue weighted by Gasteiger charge is 2.04. The van der Waals surface area contributed by atoms with E-state index in [-0.39, 0.29) is 5.91 Å². The van der Waals surface area contributed by atoms with Crippen LogP contribution in [0.1, 0.15) is 11.8 Å². The second kappa shape index (κ2) is 6.54. The summed E-state index contributed by atoms with van der Waals surface area (Å²) in [6.45, 7) is 2.25. The van der Waals surface area contributed by atoms with E-state index in [1.807, 2.05) is 24.3 Å². The van der Waals surface area contributed by atoms with Crippen LogP contribution >= 0.6 is 43.2 Å². The molecule has 0 fully saturated rings. The van der Waals surface area contributed by atoms with E-state index in [0.717, 1.165) is 26.2 Å². The zero-order chi connectivity index (χ0) is 13.8. The maximum absolute atomic E-state index is 11.0. The fourth-order valence-corrected chi connectivity index (χ4v) is 3.69. The van der Waals surface area contributed by atoms with Crippen LogP contribution in [0.15, 0.2) is 38.6 Å². The average molecular weight is 404 g/mol. The molecule has 0 unspecified atom stereocenters. The summed E-state index contributed by atoms with van der Waals surface area (Å²) in [5, 5.41) is 6.10. The number of thiophene rings is 1. The van der Waals surface area contributed by atoms with Crippen LogP contribution in [0.4, 0.5) is 11.4 Å². The molecule has 0 saturated carbocycles. The lowest BCUT2D eigenvalue weighted by molar-refractivity contribution is -0.114. The van der Waals surface area contributed by atoms with Gasteiger partial charge in [0.25, 0.3) is 0 Å². The Kier molecular flexibility index (Phi) is 5.01. The quantitative estimate of drug-likeness (QED) is 0.766. The molecule has 2 rings (SSSR count). The van der Waals surface area contributed by atoms with Crippen LogP contribution < -0.4 is 10.6 Å². The van der Waals surface area contributed by atoms with Gasteiger partial charge < -0.3 is 10.6 Å². The zero-order valence-corrected chi connectivity index (χ0v) is 14.2. The van der Waals surface area contributed by atoms with E-state index < -0.39 is 0 Å². The zero-order valence-electron chi connectivity index (χ0n) is 10.2. The molecule has 0 spiro atoms. The summed E-state index contributed by atoms with van der Waals surface area (Å²) >= 11 is 8.63. The van der Waals surface area contributed by atoms with Gasteiger partial charge in [-0.05, 0) is 56.1 Å². The number of benzene rings is 1. The van der Waals surface area contributed by atoms with Gasteiger partial charge in [-0.25, -0.2) is 0 Å². The summed E-state index contributed by atoms with van der Waals surface area (Å²) in [7, 11) is 0. The molecule has 0 radical (unpaired) electrons. The number of hydrogen-bond acceptors (Lipinski definition) is 3. The predicted molar refractivity (Wildman–Crippen MR) is 87.8 cm³/mol. The molecule has 0 bridgehead atoms. The number of nitrogens with one attached hydrogen (secondary N) is 2. The van der Waals surface area contributed by atoms with Crippen molar-refractivity contribution in [1.29, 1.82) is 0 Å². The van der Waals surface area contributed by atoms with Gasteiger partial charge in [-0.1, -0.05) is 6.07 Å². The lowest BCUT2D eigenvalue weighted by atomic mass is 10.2. The van der Waals surface area contributed by atoms with Crippen LogP contribution in [0, 0.1) is 0 Å². The van der Waals surface area contributed by atoms with E-state index >= 15 is 0 Å². The van der Waals surface area contributed by atoms with Gasteiger partial charge in [0.15, 0.2) is 0 Å². The monoisotopic (exact) mass is 402 g/mol. The minimum absolute atomic E-state index is 0.0664. The van der Waals surface area contributed by atoms with Crippen molar-refractivity contribution < 1.29 is 4.79 Å². The first-order chi connectivity index (χ1) is 9.04. The molecule has 2 aromatic rings. The number of carbonyl (C=O) groups excluding carboxylic acids is 1. The van der Waals surface area contributed by atoms with E-state index in [4.69, 9.17) is 0 Å². The summed E-state index contributed by atoms with van der Waals surface area (Å²) in [5.41, 5.74) is 1.78. The summed E-state index contributed by atoms with van der Waals surface area (Å²) in [4.78, 5) is 12.2. The van der Waals surface area contributed by atoms with Crippen molar-refractivity contribution in [1.82, 2.24) is 0 Å². The molecule has 3 nitrogen and oxygen atoms in total. The molecule has 1 amide bonds. The van der Waals surface area contributed by atoms with Gasteiger partial charge in [0, 0.05) is 34.2 Å². The molecule has 6 heteroatoms. The van der Waals surface area contributed by atoms with Gasteiger partial charge in [0.1, 0.15) is 0 Å². The standard InChI is InChI=1S/C13H12Br2N2OS/c1-8(18)17-10-4-2-3-9(5-10)16-7-11-6-12(14)13(15)19-11/h2-6,16H,7H2,1H3,(H,17,18). The molecular weight excluding hydrogens is 392 g/mol. The van der Waals surface area contributed by atoms with Crippen LogP contribution in [0.5, 0.6) is 0 Å². The van der Waals surface area contributed by atoms with Crippen molar-refractivity contribution in [3.63, 3.8) is 0 Å². The third-order valence-corrected chi connectivity index (χ3v) is 5.60. The van der Waals surface area contributed by atoms with Crippen molar-refractivity contribution in [2.45, 2.75) is 13.5 Å². The van der Waals surface area contributed by atoms with Gasteiger partial charge in [0.2, 0.25) is 5.91 Å². The Morgan fingerprint density at radius 1 is 1.26 bits per heavy atom. The first-order valence-electron chi connectivity index (χ1n) is 5.60. The largest absolute Gasteiger partial charge is 0.380 e. The smallest absolute Gasteiger partial charge is 0.221 e. The molecular formula is C13H12Br2N2OS. The molecule has 0 aliphatic carbocycles. The van der Waals surface area contributed by atoms with Crippen LogP contribution in [0.25, 0.3) is 0 Å². The second-order valence-corrected chi connectivity index (χ2v) is 7.26. The molecule has 0 atom stereocenters. The fourth-order valence-electron chi connectivity index (χ4n) is 1.58. The molecule has 19 heavy (non-hydrogen) atoms. The number of hydrogen-bond donors (Lipinski definition) is 2. The first-order valence-corrected chi connectivity index (χ1v) is 8.00. The SMILES string of the molecule is CC(=O)Nc1cccc(NCc2cc(Br)c(Br)s2)c1. The minimum Gasteiger partial charge on any atom is -0.380 e. The number of amides is 1. The molecule has 0 aliphatic rings. The van der Waals surface area contributed by atoms with Crippen molar-refractivity contribution in [2.24, 2.45) is 0 Å². The number of carbonyl (C=O) groups is 1. The number of anilines is 2. The average Bonchev–Trinajstić information content (AvgIpc) is 2.66. The van der Waals surface area contributed by atoms with E-state index in [9.17, 15) is 4.79 Å². The number of halogens is 2. The lowest BCUT2D eigenvalue weighted by Crippen LogP contribution is -2.06. The maximum atomic E-state index is 11.0. The highest BCUT2D eigenvalue weighted by molar-refractivity contribution is 9.13. The Hall–Kier alpha value is -0.850. The van der Waals surface area contributed by atoms with Gasteiger partial charge in [-0.3, -0.25) is 4.79 Å². The van der Waals surface area contributed by atoms with Crippen molar-refractivity contribution >= 4 is 60.5 Å². The third-order valence-electron chi connectivity index (χ3n) is 2.35. The summed E-state index contributed by atoms with van der Waals surface area (Å²) < 4.78 is 2.16. The Morgan fingerprint density at radius 3 is 2.63 bits per heavy atom. The van der Waals surface area contributed by atoms with Gasteiger partial charge in [0.05, 0.1) is 3.79 Å². The molecule has 100 valence electrons. The highest BCUT2D eigenvalue weighted by atomic mass is 79.9. The Bertz CT molecular complexity index is 579. The van der Waals surface area contributed by atoms with E-state index in [1.165, 1.54) is 11.8 Å². The summed E-state index contributed by atoms with van der Waals surface area (Å²) in [6.07, 6.45) is 0. The Labute approximate surface area is 132 Å². The minimum atomic E-state index is -0.0664. The van der Waals surface area contributed by atoms with E-state index in [1.54, 1.807) is 11.3 Å². The molecule has 2 N–H and O–H groups in total. The van der Waals surface area contributed by atoms with Crippen LogP contribution in [-0.4, -0.2) is 5.91 Å². The van der Waals surface area contributed by atoms with E-state index in [0.29, 0.717) is 0 Å². The topological polar surface area (TPSA) is 41.1 Å². The molecule has 1 aromatic heterocycles. The van der Waals surface area contributed by atoms with Crippen molar-refractivity contribution in [3.8, 4) is 0 Å². The van der Waals surface area contributed by atoms with Gasteiger partial charge in [-0.2, -0.15) is 0 Å². The Morgan fingerprint density at radius 2 is 2.00 bits per heavy atom. The third kappa shape index (κ3) is 4.33. The highest BCUT2D eigenvalue weighted by Crippen LogP contribution is 2.32. The molecule has 0 saturated heterocycles. The summed E-state index contributed by atoms with van der Waals surface area (Å²) in [6, 6.07) is 9.75. The fraction of sp³-hybridized carbons (Fsp3) is 0.154. The van der Waals surface area contributed by atoms with Crippen LogP contribution in [0.2, 0.25) is 0 Å². The predicted octanol–water partition coefficient (Wildman–Crippen LogP) is 4.84. The normalized spacial score (nSPS) is 10.3. The molecule has 1 aromatic carbocycles. The van der Waals surface area contributed by atoms with Crippen LogP contribution in [0.3, 0.4) is 0 Å².